The molecule has 18 aromatic rings. The van der Waals surface area contributed by atoms with Crippen LogP contribution in [-0.2, 0) is 0 Å². The van der Waals surface area contributed by atoms with Crippen molar-refractivity contribution in [2.75, 3.05) is 0 Å². The zero-order valence-corrected chi connectivity index (χ0v) is 55.3. The fourth-order valence-electron chi connectivity index (χ4n) is 13.8. The molecule has 0 saturated carbocycles. The number of nitrogens with zero attached hydrogens (tertiary/aromatic N) is 4. The molecule has 0 amide bonds. The third-order valence-corrected chi connectivity index (χ3v) is 19.4. The molecule has 0 fully saturated rings. The van der Waals surface area contributed by atoms with Gasteiger partial charge in [0.15, 0.2) is 0 Å². The Hall–Kier alpha value is -10.3. The normalized spacial score (nSPS) is 11.5. The third-order valence-electron chi connectivity index (χ3n) is 17.9. The highest BCUT2D eigenvalue weighted by Crippen LogP contribution is 2.42. The highest BCUT2D eigenvalue weighted by atomic mass is 79.9. The van der Waals surface area contributed by atoms with Gasteiger partial charge in [0, 0.05) is 79.3 Å². The van der Waals surface area contributed by atoms with Crippen molar-refractivity contribution in [1.82, 2.24) is 18.3 Å². The van der Waals surface area contributed by atoms with Crippen molar-refractivity contribution in [2.45, 2.75) is 0 Å². The first-order valence-electron chi connectivity index (χ1n) is 31.2. The van der Waals surface area contributed by atoms with E-state index in [-0.39, 0.29) is 0 Å². The van der Waals surface area contributed by atoms with Crippen LogP contribution in [0.4, 0.5) is 0 Å². The minimum Gasteiger partial charge on any atom is -0.423 e. The smallest absolute Gasteiger partial charge is 0.423 e. The Morgan fingerprint density at radius 1 is 0.213 bits per heavy atom. The monoisotopic (exact) mass is 1400 g/mol. The van der Waals surface area contributed by atoms with E-state index in [1.54, 1.807) is 12.1 Å². The number of aromatic nitrogens is 4. The van der Waals surface area contributed by atoms with Crippen LogP contribution in [0.5, 0.6) is 0 Å². The van der Waals surface area contributed by atoms with Crippen molar-refractivity contribution in [1.29, 1.82) is 0 Å². The maximum atomic E-state index is 9.22. The lowest BCUT2D eigenvalue weighted by atomic mass is 9.75. The SMILES string of the molecule is Brc1ccc2c(c1)c1cc(-c3ccccc3-c3ccccc3)ccc1n2-c1ccc2c(c1)c1ccccc1n2-c1ccccc1.Brc1ccc2c(c1)c1cc(Br)ccc1n2-c1ccc2c(c1)c1ccccc1n2-c1ccccc1.OB(O)c1ccccc1-c1ccccc1. The number of benzene rings is 14. The average Bonchev–Trinajstić information content (AvgIpc) is 1.59. The summed E-state index contributed by atoms with van der Waals surface area (Å²) in [6.45, 7) is 0. The topological polar surface area (TPSA) is 60.2 Å². The summed E-state index contributed by atoms with van der Waals surface area (Å²) in [6.07, 6.45) is 0. The maximum Gasteiger partial charge on any atom is 0.489 e. The summed E-state index contributed by atoms with van der Waals surface area (Å²) in [4.78, 5) is 0. The van der Waals surface area contributed by atoms with E-state index in [0.29, 0.717) is 5.46 Å². The first kappa shape index (κ1) is 58.8. The second kappa shape index (κ2) is 25.0. The molecule has 2 N–H and O–H groups in total. The van der Waals surface area contributed by atoms with Crippen LogP contribution in [0.3, 0.4) is 0 Å². The lowest BCUT2D eigenvalue weighted by Crippen LogP contribution is -2.31. The van der Waals surface area contributed by atoms with E-state index >= 15 is 0 Å². The summed E-state index contributed by atoms with van der Waals surface area (Å²) in [5.74, 6) is 0. The van der Waals surface area contributed by atoms with E-state index in [0.717, 1.165) is 35.9 Å². The molecular formula is C84H56BBr3N4O2. The van der Waals surface area contributed by atoms with E-state index in [2.05, 4.69) is 339 Å². The number of para-hydroxylation sites is 4. The largest absolute Gasteiger partial charge is 0.489 e. The van der Waals surface area contributed by atoms with Gasteiger partial charge in [-0.1, -0.05) is 236 Å². The van der Waals surface area contributed by atoms with Crippen LogP contribution in [0.1, 0.15) is 0 Å². The molecule has 0 saturated heterocycles. The predicted octanol–water partition coefficient (Wildman–Crippen LogP) is 22.4. The minimum absolute atomic E-state index is 0.531. The molecule has 0 aliphatic heterocycles. The minimum atomic E-state index is -1.43. The summed E-state index contributed by atoms with van der Waals surface area (Å²) in [5.41, 5.74) is 21.5. The molecule has 4 heterocycles. The number of hydrogen-bond acceptors (Lipinski definition) is 2. The summed E-state index contributed by atoms with van der Waals surface area (Å²) in [5, 5.41) is 28.4. The van der Waals surface area contributed by atoms with Crippen LogP contribution in [-0.4, -0.2) is 35.4 Å². The van der Waals surface area contributed by atoms with Crippen LogP contribution < -0.4 is 5.46 Å². The fourth-order valence-corrected chi connectivity index (χ4v) is 14.9. The van der Waals surface area contributed by atoms with Crippen molar-refractivity contribution >= 4 is 148 Å². The van der Waals surface area contributed by atoms with Crippen LogP contribution in [0.25, 0.3) is 143 Å². The van der Waals surface area contributed by atoms with E-state index in [1.807, 2.05) is 42.5 Å². The Kier molecular flexibility index (Phi) is 15.6. The number of halogens is 3. The number of hydrogen-bond donors (Lipinski definition) is 2. The second-order valence-electron chi connectivity index (χ2n) is 23.4. The Bertz CT molecular complexity index is 5820. The molecule has 10 heteroatoms. The summed E-state index contributed by atoms with van der Waals surface area (Å²) < 4.78 is 12.8. The molecule has 4 aromatic heterocycles. The summed E-state index contributed by atoms with van der Waals surface area (Å²) >= 11 is 11.1. The molecule has 0 atom stereocenters. The van der Waals surface area contributed by atoms with Gasteiger partial charge in [0.1, 0.15) is 0 Å². The van der Waals surface area contributed by atoms with Crippen LogP contribution in [0.2, 0.25) is 0 Å². The van der Waals surface area contributed by atoms with Crippen molar-refractivity contribution in [2.24, 2.45) is 0 Å². The molecule has 0 spiro atoms. The van der Waals surface area contributed by atoms with Gasteiger partial charge in [0.05, 0.1) is 44.1 Å². The third kappa shape index (κ3) is 10.6. The van der Waals surface area contributed by atoms with Gasteiger partial charge in [-0.15, -0.1) is 0 Å². The Labute approximate surface area is 568 Å². The lowest BCUT2D eigenvalue weighted by molar-refractivity contribution is 0.426. The van der Waals surface area contributed by atoms with Gasteiger partial charge < -0.3 is 28.3 Å². The molecule has 0 radical (unpaired) electrons. The lowest BCUT2D eigenvalue weighted by Gasteiger charge is -2.12. The van der Waals surface area contributed by atoms with Gasteiger partial charge in [0.2, 0.25) is 0 Å². The van der Waals surface area contributed by atoms with Crippen molar-refractivity contribution in [3.05, 3.63) is 341 Å². The summed E-state index contributed by atoms with van der Waals surface area (Å²) in [6, 6.07) is 115. The molecule has 94 heavy (non-hydrogen) atoms. The molecule has 6 nitrogen and oxygen atoms in total. The van der Waals surface area contributed by atoms with Crippen molar-refractivity contribution in [3.63, 3.8) is 0 Å². The van der Waals surface area contributed by atoms with Crippen LogP contribution in [0.15, 0.2) is 341 Å². The van der Waals surface area contributed by atoms with Gasteiger partial charge >= 0.3 is 7.12 Å². The second-order valence-corrected chi connectivity index (χ2v) is 26.2. The highest BCUT2D eigenvalue weighted by molar-refractivity contribution is 9.11. The Morgan fingerprint density at radius 2 is 0.511 bits per heavy atom. The Balaban J connectivity index is 0.000000125. The number of rotatable bonds is 8. The van der Waals surface area contributed by atoms with E-state index in [1.165, 1.54) is 121 Å². The van der Waals surface area contributed by atoms with Gasteiger partial charge in [0.25, 0.3) is 0 Å². The van der Waals surface area contributed by atoms with Gasteiger partial charge in [-0.25, -0.2) is 0 Å². The van der Waals surface area contributed by atoms with E-state index < -0.39 is 7.12 Å². The molecule has 14 aromatic carbocycles. The van der Waals surface area contributed by atoms with Crippen molar-refractivity contribution < 1.29 is 10.0 Å². The van der Waals surface area contributed by atoms with E-state index in [9.17, 15) is 10.0 Å². The standard InChI is InChI=1S/C42H27BrN2.C30H18Br2N2.C12H11BO2/c43-30-20-23-41-37(26-30)36-25-29(34-16-8-7-15-33(34)28-11-3-1-4-12-28)19-22-40(36)45(41)32-21-24-42-38(27-32)35-17-9-10-18-39(35)44(42)31-13-5-2-6-14-31;31-19-10-13-28-24(16-19)25-17-20(32)11-14-29(25)34(28)22-12-15-30-26(18-22)23-8-4-5-9-27(23)33(30)21-6-2-1-3-7-21;14-13(15)12-9-5-4-8-11(12)10-6-2-1-3-7-10/h1-27H;1-18H;1-9,14-15H. The highest BCUT2D eigenvalue weighted by Gasteiger charge is 2.21. The predicted molar refractivity (Wildman–Crippen MR) is 406 cm³/mol. The average molecular weight is 1400 g/mol. The van der Waals surface area contributed by atoms with Crippen molar-refractivity contribution in [3.8, 4) is 56.1 Å². The van der Waals surface area contributed by atoms with Crippen LogP contribution in [0, 0.1) is 0 Å². The van der Waals surface area contributed by atoms with E-state index in [4.69, 9.17) is 0 Å². The zero-order chi connectivity index (χ0) is 63.4. The van der Waals surface area contributed by atoms with Gasteiger partial charge in [-0.2, -0.15) is 0 Å². The van der Waals surface area contributed by atoms with Gasteiger partial charge in [-0.3, -0.25) is 0 Å². The quantitative estimate of drug-likeness (QED) is 0.149. The molecule has 448 valence electrons. The maximum absolute atomic E-state index is 9.22. The molecule has 0 bridgehead atoms. The van der Waals surface area contributed by atoms with Crippen LogP contribution >= 0.6 is 47.8 Å². The first-order chi connectivity index (χ1) is 46.2. The molecule has 0 unspecified atom stereocenters. The molecule has 0 aliphatic carbocycles. The molecular weight excluding hydrogens is 1350 g/mol. The molecule has 0 aliphatic rings. The molecule has 18 rings (SSSR count). The zero-order valence-electron chi connectivity index (χ0n) is 50.6. The van der Waals surface area contributed by atoms with Gasteiger partial charge in [-0.05, 0) is 178 Å². The summed E-state index contributed by atoms with van der Waals surface area (Å²) in [7, 11) is -1.43. The Morgan fingerprint density at radius 3 is 0.947 bits per heavy atom. The fraction of sp³-hybridized carbons (Fsp3) is 0. The first-order valence-corrected chi connectivity index (χ1v) is 33.6. The number of fused-ring (bicyclic) bond motifs is 12.